The maximum Gasteiger partial charge on any atom is 0.402 e. The summed E-state index contributed by atoms with van der Waals surface area (Å²) < 4.78 is 59.1. The number of aryl methyl sites for hydroxylation is 1. The van der Waals surface area contributed by atoms with E-state index in [2.05, 4.69) is 20.0 Å². The van der Waals surface area contributed by atoms with Crippen molar-refractivity contribution in [1.82, 2.24) is 15.0 Å². The number of fused-ring (bicyclic) bond motifs is 1. The lowest BCUT2D eigenvalue weighted by atomic mass is 9.96. The highest BCUT2D eigenvalue weighted by Crippen LogP contribution is 2.41. The quantitative estimate of drug-likeness (QED) is 0.236. The first-order valence-corrected chi connectivity index (χ1v) is 14.4. The van der Waals surface area contributed by atoms with Crippen molar-refractivity contribution in [2.75, 3.05) is 15.8 Å². The Balaban J connectivity index is 1.43. The summed E-state index contributed by atoms with van der Waals surface area (Å²) in [5.74, 6) is -0.00347. The van der Waals surface area contributed by atoms with Gasteiger partial charge in [-0.2, -0.15) is 13.2 Å². The summed E-state index contributed by atoms with van der Waals surface area (Å²) in [5, 5.41) is 4.68. The molecule has 0 bridgehead atoms. The van der Waals surface area contributed by atoms with Crippen LogP contribution >= 0.6 is 11.3 Å². The lowest BCUT2D eigenvalue weighted by Gasteiger charge is -2.22. The van der Waals surface area contributed by atoms with E-state index in [-0.39, 0.29) is 0 Å². The van der Waals surface area contributed by atoms with Crippen LogP contribution in [0.1, 0.15) is 37.7 Å². The lowest BCUT2D eigenvalue weighted by Crippen LogP contribution is -2.23. The third kappa shape index (κ3) is 6.24. The molecule has 7 nitrogen and oxygen atoms in total. The number of thiazole rings is 1. The van der Waals surface area contributed by atoms with Gasteiger partial charge in [-0.3, -0.25) is 0 Å². The smallest absolute Gasteiger partial charge is 0.402 e. The number of anilines is 2. The molecule has 0 aliphatic heterocycles. The third-order valence-corrected chi connectivity index (χ3v) is 8.13. The second-order valence-corrected chi connectivity index (χ2v) is 11.2. The maximum atomic E-state index is 12.7. The summed E-state index contributed by atoms with van der Waals surface area (Å²) in [6.07, 6.45) is 3.02. The number of alkyl halides is 3. The Hall–Kier alpha value is -3.25. The highest BCUT2D eigenvalue weighted by Gasteiger charge is 2.31. The molecule has 38 heavy (non-hydrogen) atoms. The number of aromatic nitrogens is 3. The molecule has 2 heterocycles. The molecule has 1 atom stereocenters. The number of halogens is 3. The number of benzene rings is 2. The molecule has 1 aliphatic carbocycles. The molecule has 2 N–H and O–H groups in total. The fraction of sp³-hybridized carbons (Fsp3) is 0.346. The van der Waals surface area contributed by atoms with Gasteiger partial charge in [0.25, 0.3) is 0 Å². The van der Waals surface area contributed by atoms with E-state index in [1.165, 1.54) is 30.6 Å². The van der Waals surface area contributed by atoms with Gasteiger partial charge in [0.1, 0.15) is 27.4 Å². The Morgan fingerprint density at radius 2 is 1.87 bits per heavy atom. The first-order chi connectivity index (χ1) is 18.3. The van der Waals surface area contributed by atoms with Crippen LogP contribution in [0.5, 0.6) is 11.6 Å². The number of hydrogen-bond donors (Lipinski definition) is 2. The lowest BCUT2D eigenvalue weighted by molar-refractivity contribution is -0.105. The first kappa shape index (κ1) is 26.4. The monoisotopic (exact) mass is 561 g/mol. The van der Waals surface area contributed by atoms with Crippen LogP contribution in [0.25, 0.3) is 21.3 Å². The highest BCUT2D eigenvalue weighted by atomic mass is 32.2. The van der Waals surface area contributed by atoms with E-state index in [1.807, 2.05) is 0 Å². The van der Waals surface area contributed by atoms with Crippen LogP contribution in [0.2, 0.25) is 0 Å². The van der Waals surface area contributed by atoms with E-state index in [0.717, 1.165) is 17.7 Å². The molecule has 2 aromatic heterocycles. The molecule has 1 aliphatic rings. The average Bonchev–Trinajstić information content (AvgIpc) is 3.34. The molecule has 0 radical (unpaired) electrons. The molecule has 4 aromatic rings. The van der Waals surface area contributed by atoms with E-state index in [0.29, 0.717) is 51.3 Å². The minimum atomic E-state index is -4.54. The predicted octanol–water partition coefficient (Wildman–Crippen LogP) is 7.24. The van der Waals surface area contributed by atoms with E-state index >= 15 is 0 Å². The number of nitrogens with zero attached hydrogens (tertiary/aromatic N) is 3. The Kier molecular flexibility index (Phi) is 7.80. The van der Waals surface area contributed by atoms with Crippen molar-refractivity contribution in [3.8, 4) is 22.2 Å². The van der Waals surface area contributed by atoms with Crippen LogP contribution in [0.15, 0.2) is 48.1 Å². The van der Waals surface area contributed by atoms with Crippen molar-refractivity contribution >= 4 is 44.7 Å². The minimum Gasteiger partial charge on any atom is -0.437 e. The van der Waals surface area contributed by atoms with E-state index in [9.17, 15) is 17.4 Å². The minimum absolute atomic E-state index is 0.334. The van der Waals surface area contributed by atoms with Crippen LogP contribution in [0, 0.1) is 6.92 Å². The van der Waals surface area contributed by atoms with E-state index in [1.54, 1.807) is 55.0 Å². The van der Waals surface area contributed by atoms with Crippen molar-refractivity contribution in [2.45, 2.75) is 51.2 Å². The van der Waals surface area contributed by atoms with Crippen LogP contribution in [0.4, 0.5) is 24.8 Å². The van der Waals surface area contributed by atoms with Gasteiger partial charge in [-0.25, -0.2) is 19.2 Å². The topological polar surface area (TPSA) is 89.0 Å². The molecule has 12 heteroatoms. The molecule has 2 aromatic carbocycles. The highest BCUT2D eigenvalue weighted by molar-refractivity contribution is 7.86. The Morgan fingerprint density at radius 3 is 2.63 bits per heavy atom. The Labute approximate surface area is 224 Å². The zero-order chi connectivity index (χ0) is 26.7. The maximum absolute atomic E-state index is 12.7. The zero-order valence-corrected chi connectivity index (χ0v) is 22.2. The molecule has 1 fully saturated rings. The van der Waals surface area contributed by atoms with Crippen molar-refractivity contribution < 1.29 is 22.1 Å². The Morgan fingerprint density at radius 1 is 1.11 bits per heavy atom. The fourth-order valence-corrected chi connectivity index (χ4v) is 6.04. The van der Waals surface area contributed by atoms with Gasteiger partial charge in [0.15, 0.2) is 0 Å². The van der Waals surface area contributed by atoms with Crippen LogP contribution in [-0.2, 0) is 11.0 Å². The number of hydrogen-bond acceptors (Lipinski definition) is 7. The van der Waals surface area contributed by atoms with Gasteiger partial charge in [0.05, 0.1) is 16.9 Å². The zero-order valence-electron chi connectivity index (χ0n) is 20.5. The molecule has 1 unspecified atom stereocenters. The summed E-state index contributed by atoms with van der Waals surface area (Å²) in [6.45, 7) is 1.78. The predicted molar refractivity (Wildman–Crippen MR) is 145 cm³/mol. The van der Waals surface area contributed by atoms with Crippen molar-refractivity contribution in [1.29, 1.82) is 0 Å². The normalized spacial score (nSPS) is 15.4. The second-order valence-electron chi connectivity index (χ2n) is 9.16. The van der Waals surface area contributed by atoms with Crippen molar-refractivity contribution in [3.63, 3.8) is 0 Å². The van der Waals surface area contributed by atoms with Crippen LogP contribution in [-0.4, -0.2) is 37.1 Å². The third-order valence-electron chi connectivity index (χ3n) is 6.26. The van der Waals surface area contributed by atoms with Crippen molar-refractivity contribution in [2.24, 2.45) is 0 Å². The van der Waals surface area contributed by atoms with Gasteiger partial charge in [-0.05, 0) is 37.5 Å². The van der Waals surface area contributed by atoms with Gasteiger partial charge >= 0.3 is 6.18 Å². The summed E-state index contributed by atoms with van der Waals surface area (Å²) >= 11 is 1.39. The molecule has 0 spiro atoms. The summed E-state index contributed by atoms with van der Waals surface area (Å²) in [5.41, 5.74) is 3.34. The fourth-order valence-electron chi connectivity index (χ4n) is 4.57. The number of rotatable bonds is 8. The van der Waals surface area contributed by atoms with Gasteiger partial charge in [0, 0.05) is 23.0 Å². The van der Waals surface area contributed by atoms with Gasteiger partial charge < -0.3 is 14.8 Å². The molecular formula is C26H26F3N5O2S2. The Bertz CT molecular complexity index is 1450. The molecule has 5 rings (SSSR count). The summed E-state index contributed by atoms with van der Waals surface area (Å²) in [7, 11) is -2.32. The largest absolute Gasteiger partial charge is 0.437 e. The molecule has 1 saturated carbocycles. The van der Waals surface area contributed by atoms with Gasteiger partial charge in [-0.1, -0.05) is 43.5 Å². The first-order valence-electron chi connectivity index (χ1n) is 12.2. The van der Waals surface area contributed by atoms with Gasteiger partial charge in [-0.15, -0.1) is 11.3 Å². The average molecular weight is 562 g/mol. The number of nitrogens with one attached hydrogen (secondary N) is 2. The van der Waals surface area contributed by atoms with E-state index < -0.39 is 22.9 Å². The van der Waals surface area contributed by atoms with Gasteiger partial charge in [0.2, 0.25) is 11.8 Å². The number of ether oxygens (including phenoxy) is 1. The molecule has 0 amide bonds. The second kappa shape index (κ2) is 11.2. The van der Waals surface area contributed by atoms with Crippen molar-refractivity contribution in [3.05, 3.63) is 53.7 Å². The SMILES string of the molecule is Cc1cc(NS(=O)CC(F)(F)F)c2ccccc2c1Oc1ncsc1-c1ccnc(NC2CCCCC2)n1. The summed E-state index contributed by atoms with van der Waals surface area (Å²) in [6, 6.07) is 10.9. The standard InChI is InChI=1S/C26H26F3N5O2S2/c1-16-13-21(34-38(35)14-26(27,28)29)18-9-5-6-10-19(18)22(16)36-24-23(37-15-31-24)20-11-12-30-25(33-20)32-17-7-3-2-4-8-17/h5-6,9-13,15,17,34H,2-4,7-8,14H2,1H3,(H,30,32,33). The molecule has 0 saturated heterocycles. The molecular weight excluding hydrogens is 535 g/mol. The van der Waals surface area contributed by atoms with E-state index in [4.69, 9.17) is 9.72 Å². The molecule has 200 valence electrons. The van der Waals surface area contributed by atoms with Crippen LogP contribution < -0.4 is 14.8 Å². The summed E-state index contributed by atoms with van der Waals surface area (Å²) in [4.78, 5) is 14.2. The van der Waals surface area contributed by atoms with Crippen LogP contribution in [0.3, 0.4) is 0 Å².